The van der Waals surface area contributed by atoms with Crippen molar-refractivity contribution in [1.82, 2.24) is 4.90 Å². The van der Waals surface area contributed by atoms with Gasteiger partial charge in [-0.15, -0.1) is 0 Å². The first-order valence-corrected chi connectivity index (χ1v) is 3.90. The van der Waals surface area contributed by atoms with Crippen LogP contribution >= 0.6 is 23.2 Å². The predicted octanol–water partition coefficient (Wildman–Crippen LogP) is 1.64. The van der Waals surface area contributed by atoms with Crippen LogP contribution in [0.1, 0.15) is 0 Å². The third-order valence-electron chi connectivity index (χ3n) is 0.989. The van der Waals surface area contributed by atoms with Gasteiger partial charge in [0.05, 0.1) is 0 Å². The number of rotatable bonds is 1. The Morgan fingerprint density at radius 3 is 2.00 bits per heavy atom. The van der Waals surface area contributed by atoms with Crippen LogP contribution in [0.4, 0.5) is 0 Å². The smallest absolute Gasteiger partial charge is 0.199 e. The van der Waals surface area contributed by atoms with Crippen LogP contribution in [-0.2, 0) is 0 Å². The van der Waals surface area contributed by atoms with Crippen molar-refractivity contribution in [3.05, 3.63) is 10.7 Å². The minimum absolute atomic E-state index is 0.105. The van der Waals surface area contributed by atoms with Crippen LogP contribution in [0, 0.1) is 22.7 Å². The van der Waals surface area contributed by atoms with E-state index in [-0.39, 0.29) is 16.0 Å². The summed E-state index contributed by atoms with van der Waals surface area (Å²) in [6.45, 7) is 0. The number of hydrogen-bond acceptors (Lipinski definition) is 3. The Labute approximate surface area is 86.3 Å². The molecule has 0 N–H and O–H groups in total. The monoisotopic (exact) mass is 216 g/mol. The SMILES string of the molecule is CN(C)/C(Cl)=N/C(Cl)=C(C#N)C#N. The second-order valence-corrected chi connectivity index (χ2v) is 2.86. The lowest BCUT2D eigenvalue weighted by molar-refractivity contribution is 0.634. The van der Waals surface area contributed by atoms with Crippen molar-refractivity contribution in [1.29, 1.82) is 10.5 Å². The van der Waals surface area contributed by atoms with Crippen molar-refractivity contribution in [2.24, 2.45) is 4.99 Å². The molecule has 0 fully saturated rings. The highest BCUT2D eigenvalue weighted by Gasteiger charge is 2.03. The molecule has 0 aromatic heterocycles. The van der Waals surface area contributed by atoms with Gasteiger partial charge in [-0.2, -0.15) is 10.5 Å². The van der Waals surface area contributed by atoms with Crippen LogP contribution in [0.2, 0.25) is 0 Å². The van der Waals surface area contributed by atoms with E-state index < -0.39 is 0 Å². The molecule has 0 amide bonds. The van der Waals surface area contributed by atoms with Crippen LogP contribution in [-0.4, -0.2) is 24.3 Å². The first kappa shape index (κ1) is 11.8. The van der Waals surface area contributed by atoms with E-state index in [2.05, 4.69) is 4.99 Å². The molecule has 0 atom stereocenters. The molecule has 13 heavy (non-hydrogen) atoms. The van der Waals surface area contributed by atoms with Gasteiger partial charge in [-0.05, 0) is 11.6 Å². The molecule has 0 saturated heterocycles. The van der Waals surface area contributed by atoms with Crippen LogP contribution in [0.25, 0.3) is 0 Å². The summed E-state index contributed by atoms with van der Waals surface area (Å²) in [7, 11) is 3.32. The molecule has 0 aromatic carbocycles. The Morgan fingerprint density at radius 1 is 1.23 bits per heavy atom. The van der Waals surface area contributed by atoms with Gasteiger partial charge in [0.25, 0.3) is 0 Å². The van der Waals surface area contributed by atoms with Crippen LogP contribution < -0.4 is 0 Å². The summed E-state index contributed by atoms with van der Waals surface area (Å²) >= 11 is 11.1. The van der Waals surface area contributed by atoms with E-state index in [1.54, 1.807) is 26.2 Å². The summed E-state index contributed by atoms with van der Waals surface area (Å²) in [4.78, 5) is 5.12. The summed E-state index contributed by atoms with van der Waals surface area (Å²) in [6, 6.07) is 3.20. The topological polar surface area (TPSA) is 63.2 Å². The van der Waals surface area contributed by atoms with Crippen LogP contribution in [0.15, 0.2) is 15.7 Å². The van der Waals surface area contributed by atoms with E-state index in [1.165, 1.54) is 4.90 Å². The second kappa shape index (κ2) is 5.42. The molecule has 0 bridgehead atoms. The first-order valence-electron chi connectivity index (χ1n) is 3.14. The number of amidine groups is 1. The zero-order valence-electron chi connectivity index (χ0n) is 7.04. The molecule has 0 aliphatic rings. The zero-order valence-corrected chi connectivity index (χ0v) is 8.56. The summed E-state index contributed by atoms with van der Waals surface area (Å²) in [5.41, 5.74) is -0.262. The maximum Gasteiger partial charge on any atom is 0.199 e. The average Bonchev–Trinajstić information content (AvgIpc) is 2.06. The van der Waals surface area contributed by atoms with E-state index in [9.17, 15) is 0 Å². The van der Waals surface area contributed by atoms with Crippen LogP contribution in [0.3, 0.4) is 0 Å². The number of nitriles is 2. The van der Waals surface area contributed by atoms with Gasteiger partial charge in [0.1, 0.15) is 12.1 Å². The fourth-order valence-electron chi connectivity index (χ4n) is 0.354. The summed E-state index contributed by atoms with van der Waals surface area (Å²) in [6.07, 6.45) is 0. The largest absolute Gasteiger partial charge is 0.353 e. The Kier molecular flexibility index (Phi) is 4.91. The van der Waals surface area contributed by atoms with Crippen molar-refractivity contribution in [3.63, 3.8) is 0 Å². The quantitative estimate of drug-likeness (QED) is 0.290. The van der Waals surface area contributed by atoms with Crippen molar-refractivity contribution in [3.8, 4) is 12.1 Å². The molecule has 68 valence electrons. The predicted molar refractivity (Wildman–Crippen MR) is 51.1 cm³/mol. The van der Waals surface area contributed by atoms with Gasteiger partial charge in [-0.1, -0.05) is 11.6 Å². The zero-order chi connectivity index (χ0) is 10.4. The molecule has 0 aliphatic heterocycles. The van der Waals surface area contributed by atoms with Crippen molar-refractivity contribution >= 4 is 28.5 Å². The summed E-state index contributed by atoms with van der Waals surface area (Å²) < 4.78 is 0. The Bertz CT molecular complexity index is 313. The van der Waals surface area contributed by atoms with Crippen LogP contribution in [0.5, 0.6) is 0 Å². The Hall–Kier alpha value is -1.23. The molecular formula is C7H6Cl2N4. The van der Waals surface area contributed by atoms with Gasteiger partial charge in [0.2, 0.25) is 0 Å². The van der Waals surface area contributed by atoms with E-state index in [0.29, 0.717) is 0 Å². The van der Waals surface area contributed by atoms with Gasteiger partial charge < -0.3 is 4.90 Å². The minimum atomic E-state index is -0.262. The molecule has 0 aromatic rings. The lowest BCUT2D eigenvalue weighted by Gasteiger charge is -2.07. The molecule has 0 heterocycles. The van der Waals surface area contributed by atoms with Crippen molar-refractivity contribution in [2.75, 3.05) is 14.1 Å². The van der Waals surface area contributed by atoms with Gasteiger partial charge >= 0.3 is 0 Å². The molecular weight excluding hydrogens is 211 g/mol. The number of nitrogens with zero attached hydrogens (tertiary/aromatic N) is 4. The summed E-state index contributed by atoms with van der Waals surface area (Å²) in [5, 5.41) is 16.7. The third kappa shape index (κ3) is 3.80. The van der Waals surface area contributed by atoms with Gasteiger partial charge in [0.15, 0.2) is 16.0 Å². The fraction of sp³-hybridized carbons (Fsp3) is 0.286. The Balaban J connectivity index is 4.95. The molecule has 0 spiro atoms. The van der Waals surface area contributed by atoms with E-state index in [0.717, 1.165) is 0 Å². The summed E-state index contributed by atoms with van der Waals surface area (Å²) in [5.74, 6) is 0. The standard InChI is InChI=1S/C7H6Cl2N4/c1-13(2)7(9)12-6(8)5(3-10)4-11/h1-2H3/b12-7+. The molecule has 0 aliphatic carbocycles. The van der Waals surface area contributed by atoms with Crippen molar-refractivity contribution in [2.45, 2.75) is 0 Å². The fourth-order valence-corrected chi connectivity index (χ4v) is 0.647. The normalized spacial score (nSPS) is 9.85. The number of aliphatic imine (C=N–C) groups is 1. The van der Waals surface area contributed by atoms with Gasteiger partial charge in [-0.3, -0.25) is 0 Å². The average molecular weight is 217 g/mol. The lowest BCUT2D eigenvalue weighted by Crippen LogP contribution is -2.15. The lowest BCUT2D eigenvalue weighted by atomic mass is 10.4. The number of hydrogen-bond donors (Lipinski definition) is 0. The van der Waals surface area contributed by atoms with Crippen molar-refractivity contribution < 1.29 is 0 Å². The number of allylic oxidation sites excluding steroid dienone is 1. The van der Waals surface area contributed by atoms with E-state index in [1.807, 2.05) is 0 Å². The maximum atomic E-state index is 8.41. The molecule has 0 rings (SSSR count). The van der Waals surface area contributed by atoms with Gasteiger partial charge in [-0.25, -0.2) is 4.99 Å². The minimum Gasteiger partial charge on any atom is -0.353 e. The molecule has 0 saturated carbocycles. The highest BCUT2D eigenvalue weighted by atomic mass is 35.5. The molecule has 0 radical (unpaired) electrons. The van der Waals surface area contributed by atoms with E-state index >= 15 is 0 Å². The maximum absolute atomic E-state index is 8.41. The molecule has 6 heteroatoms. The van der Waals surface area contributed by atoms with Gasteiger partial charge in [0, 0.05) is 14.1 Å². The molecule has 0 unspecified atom stereocenters. The highest BCUT2D eigenvalue weighted by Crippen LogP contribution is 2.11. The highest BCUT2D eigenvalue weighted by molar-refractivity contribution is 6.64. The third-order valence-corrected chi connectivity index (χ3v) is 1.69. The first-order chi connectivity index (χ1) is 6.02. The number of halogens is 2. The second-order valence-electron chi connectivity index (χ2n) is 2.16. The Morgan fingerprint density at radius 2 is 1.69 bits per heavy atom. The molecule has 4 nitrogen and oxygen atoms in total. The van der Waals surface area contributed by atoms with E-state index in [4.69, 9.17) is 33.7 Å².